The molecular weight excluding hydrogens is 278 g/mol. The smallest absolute Gasteiger partial charge is 0.260 e. The summed E-state index contributed by atoms with van der Waals surface area (Å²) in [6.45, 7) is 0. The zero-order chi connectivity index (χ0) is 11.7. The number of amides is 1. The van der Waals surface area contributed by atoms with Gasteiger partial charge in [0, 0.05) is 0 Å². The van der Waals surface area contributed by atoms with Crippen molar-refractivity contribution in [2.45, 2.75) is 10.9 Å². The molecule has 1 aliphatic heterocycles. The van der Waals surface area contributed by atoms with Crippen molar-refractivity contribution in [1.82, 2.24) is 3.71 Å². The fraction of sp³-hybridized carbons (Fsp3) is 0.500. The van der Waals surface area contributed by atoms with Crippen LogP contribution in [0.4, 0.5) is 0 Å². The van der Waals surface area contributed by atoms with Crippen molar-refractivity contribution in [3.05, 3.63) is 0 Å². The highest BCUT2D eigenvalue weighted by atomic mass is 32.2. The summed E-state index contributed by atoms with van der Waals surface area (Å²) in [6.07, 6.45) is 0. The summed E-state index contributed by atoms with van der Waals surface area (Å²) in [7, 11) is 0. The molecule has 0 aromatic heterocycles. The molecule has 1 saturated heterocycles. The molecule has 0 saturated carbocycles. The Morgan fingerprint density at radius 2 is 1.53 bits per heavy atom. The second-order valence-corrected chi connectivity index (χ2v) is 4.76. The number of carbonyl (C=O) groups excluding carboxylic acids is 3. The minimum atomic E-state index is -1.49. The van der Waals surface area contributed by atoms with E-state index in [1.807, 2.05) is 0 Å². The molecule has 1 aliphatic rings. The highest BCUT2D eigenvalue weighted by molar-refractivity contribution is 7.94. The van der Waals surface area contributed by atoms with E-state index >= 15 is 0 Å². The summed E-state index contributed by atoms with van der Waals surface area (Å²) in [4.78, 5) is 34.3. The average molecular weight is 285 g/mol. The number of ether oxygens (including phenoxy) is 1. The first-order chi connectivity index (χ1) is 6.86. The summed E-state index contributed by atoms with van der Waals surface area (Å²) >= 11 is 14.8. The molecular formula is C6H7NO4S4. The van der Waals surface area contributed by atoms with Crippen LogP contribution in [0.5, 0.6) is 0 Å². The minimum absolute atomic E-state index is 0.576. The highest BCUT2D eigenvalue weighted by Crippen LogP contribution is 2.25. The van der Waals surface area contributed by atoms with Crippen LogP contribution in [0.25, 0.3) is 0 Å². The van der Waals surface area contributed by atoms with E-state index in [2.05, 4.69) is 50.9 Å². The predicted octanol–water partition coefficient (Wildman–Crippen LogP) is -0.199. The normalized spacial score (nSPS) is 31.6. The van der Waals surface area contributed by atoms with Crippen LogP contribution in [0.1, 0.15) is 0 Å². The lowest BCUT2D eigenvalue weighted by molar-refractivity contribution is -0.154. The van der Waals surface area contributed by atoms with Crippen LogP contribution in [0.3, 0.4) is 0 Å². The third kappa shape index (κ3) is 2.64. The van der Waals surface area contributed by atoms with Crippen LogP contribution in [0, 0.1) is 5.92 Å². The zero-order valence-corrected chi connectivity index (χ0v) is 10.7. The third-order valence-electron chi connectivity index (χ3n) is 1.76. The zero-order valence-electron chi connectivity index (χ0n) is 7.10. The van der Waals surface area contributed by atoms with Gasteiger partial charge in [-0.05, 0) is 0 Å². The van der Waals surface area contributed by atoms with Crippen molar-refractivity contribution in [3.8, 4) is 0 Å². The van der Waals surface area contributed by atoms with Gasteiger partial charge < -0.3 is 4.74 Å². The van der Waals surface area contributed by atoms with E-state index in [1.54, 1.807) is 0 Å². The van der Waals surface area contributed by atoms with Crippen LogP contribution in [0.15, 0.2) is 0 Å². The number of carbonyl (C=O) groups is 3. The first-order valence-electron chi connectivity index (χ1n) is 3.67. The number of hydrogen-bond acceptors (Lipinski definition) is 8. The maximum absolute atomic E-state index is 11.5. The first kappa shape index (κ1) is 13.2. The quantitative estimate of drug-likeness (QED) is 0.398. The number of hydrogen-bond donors (Lipinski definition) is 4. The molecule has 1 rings (SSSR count). The Kier molecular flexibility index (Phi) is 4.41. The van der Waals surface area contributed by atoms with Gasteiger partial charge in [-0.2, -0.15) is 0 Å². The van der Waals surface area contributed by atoms with Gasteiger partial charge in [-0.1, -0.05) is 25.6 Å². The Morgan fingerprint density at radius 3 is 1.87 bits per heavy atom. The second-order valence-electron chi connectivity index (χ2n) is 2.71. The van der Waals surface area contributed by atoms with E-state index < -0.39 is 34.3 Å². The third-order valence-corrected chi connectivity index (χ3v) is 2.90. The molecule has 0 spiro atoms. The van der Waals surface area contributed by atoms with Gasteiger partial charge in [0.15, 0.2) is 28.4 Å². The average Bonchev–Trinajstić information content (AvgIpc) is 2.15. The van der Waals surface area contributed by atoms with Crippen molar-refractivity contribution in [3.63, 3.8) is 0 Å². The largest absolute Gasteiger partial charge is 0.338 e. The lowest BCUT2D eigenvalue weighted by Crippen LogP contribution is -2.50. The van der Waals surface area contributed by atoms with Gasteiger partial charge in [0.1, 0.15) is 0 Å². The Morgan fingerprint density at radius 1 is 1.13 bits per heavy atom. The molecule has 2 unspecified atom stereocenters. The number of nitrogens with zero attached hydrogens (tertiary/aromatic N) is 1. The number of thiol groups is 4. The molecule has 5 nitrogen and oxygen atoms in total. The maximum Gasteiger partial charge on any atom is 0.260 e. The molecule has 0 aromatic rings. The van der Waals surface area contributed by atoms with Crippen molar-refractivity contribution in [2.75, 3.05) is 0 Å². The fourth-order valence-corrected chi connectivity index (χ4v) is 1.91. The summed E-state index contributed by atoms with van der Waals surface area (Å²) < 4.78 is 5.36. The molecule has 0 aliphatic carbocycles. The lowest BCUT2D eigenvalue weighted by Gasteiger charge is -2.28. The SMILES string of the molecule is O=C1C(S)OC(S)C(=O)C1C(=O)N(S)S. The van der Waals surface area contributed by atoms with Gasteiger partial charge >= 0.3 is 0 Å². The molecule has 9 heteroatoms. The number of Topliss-reactive ketones (excluding diaryl/α,β-unsaturated/α-hetero) is 2. The Labute approximate surface area is 108 Å². The second kappa shape index (κ2) is 5.00. The van der Waals surface area contributed by atoms with E-state index in [0.717, 1.165) is 0 Å². The van der Waals surface area contributed by atoms with Crippen LogP contribution in [-0.2, 0) is 19.1 Å². The van der Waals surface area contributed by atoms with E-state index in [0.29, 0.717) is 3.71 Å². The van der Waals surface area contributed by atoms with Crippen molar-refractivity contribution in [2.24, 2.45) is 5.92 Å². The van der Waals surface area contributed by atoms with Crippen LogP contribution in [0.2, 0.25) is 0 Å². The molecule has 2 atom stereocenters. The van der Waals surface area contributed by atoms with Gasteiger partial charge in [0.05, 0.1) is 0 Å². The van der Waals surface area contributed by atoms with Gasteiger partial charge in [0.2, 0.25) is 0 Å². The molecule has 0 radical (unpaired) electrons. The topological polar surface area (TPSA) is 63.7 Å². The molecule has 0 N–H and O–H groups in total. The Balaban J connectivity index is 2.97. The molecule has 1 fully saturated rings. The Hall–Kier alpha value is 0.170. The predicted molar refractivity (Wildman–Crippen MR) is 65.0 cm³/mol. The van der Waals surface area contributed by atoms with E-state index in [-0.39, 0.29) is 0 Å². The van der Waals surface area contributed by atoms with E-state index in [9.17, 15) is 14.4 Å². The van der Waals surface area contributed by atoms with Crippen LogP contribution >= 0.6 is 50.9 Å². The highest BCUT2D eigenvalue weighted by Gasteiger charge is 2.46. The van der Waals surface area contributed by atoms with Crippen LogP contribution < -0.4 is 0 Å². The summed E-state index contributed by atoms with van der Waals surface area (Å²) in [5.74, 6) is -3.78. The molecule has 84 valence electrons. The van der Waals surface area contributed by atoms with Gasteiger partial charge in [0.25, 0.3) is 5.91 Å². The molecule has 0 aromatic carbocycles. The summed E-state index contributed by atoms with van der Waals surface area (Å²) in [5, 5.41) is 0. The minimum Gasteiger partial charge on any atom is -0.338 e. The van der Waals surface area contributed by atoms with E-state index in [1.165, 1.54) is 0 Å². The number of rotatable bonds is 1. The van der Waals surface area contributed by atoms with Gasteiger partial charge in [-0.25, -0.2) is 3.71 Å². The first-order valence-corrected chi connectivity index (χ1v) is 5.50. The van der Waals surface area contributed by atoms with Crippen LogP contribution in [-0.4, -0.2) is 32.1 Å². The van der Waals surface area contributed by atoms with Crippen molar-refractivity contribution >= 4 is 68.4 Å². The van der Waals surface area contributed by atoms with Crippen molar-refractivity contribution in [1.29, 1.82) is 0 Å². The van der Waals surface area contributed by atoms with Crippen molar-refractivity contribution < 1.29 is 19.1 Å². The monoisotopic (exact) mass is 285 g/mol. The molecule has 15 heavy (non-hydrogen) atoms. The lowest BCUT2D eigenvalue weighted by atomic mass is 9.96. The standard InChI is InChI=1S/C6H7NO4S4/c8-2-1(4(10)7(14)15)3(9)6(13)11-5(2)12/h1,5-6,12-15H. The maximum atomic E-state index is 11.5. The fourth-order valence-electron chi connectivity index (χ4n) is 1.04. The van der Waals surface area contributed by atoms with Gasteiger partial charge in [-0.15, -0.1) is 25.3 Å². The number of ketones is 2. The Bertz CT molecular complexity index is 289. The van der Waals surface area contributed by atoms with Gasteiger partial charge in [-0.3, -0.25) is 14.4 Å². The summed E-state index contributed by atoms with van der Waals surface area (Å²) in [6, 6.07) is 0. The molecule has 1 amide bonds. The molecule has 0 bridgehead atoms. The molecule has 1 heterocycles. The summed E-state index contributed by atoms with van der Waals surface area (Å²) in [5.41, 5.74) is -2.28. The van der Waals surface area contributed by atoms with E-state index in [4.69, 9.17) is 4.74 Å².